The summed E-state index contributed by atoms with van der Waals surface area (Å²) >= 11 is 0. The highest BCUT2D eigenvalue weighted by atomic mass is 32.2. The highest BCUT2D eigenvalue weighted by molar-refractivity contribution is 8.06. The molecule has 8 nitrogen and oxygen atoms in total. The summed E-state index contributed by atoms with van der Waals surface area (Å²) in [6, 6.07) is 29.9. The molecule has 5 rings (SSSR count). The number of sulfone groups is 1. The molecule has 0 fully saturated rings. The lowest BCUT2D eigenvalue weighted by atomic mass is 10.1. The summed E-state index contributed by atoms with van der Waals surface area (Å²) in [6.07, 6.45) is 0. The van der Waals surface area contributed by atoms with Gasteiger partial charge in [-0.15, -0.1) is 15.3 Å². The Kier molecular flexibility index (Phi) is 6.72. The molecule has 0 aliphatic carbocycles. The predicted octanol–water partition coefficient (Wildman–Crippen LogP) is 6.10. The minimum Gasteiger partial charge on any atom is -0.487 e. The van der Waals surface area contributed by atoms with E-state index >= 15 is 0 Å². The topological polar surface area (TPSA) is 102 Å². The third kappa shape index (κ3) is 5.11. The quantitative estimate of drug-likeness (QED) is 0.342. The molecule has 0 atom stereocenters. The van der Waals surface area contributed by atoms with Gasteiger partial charge in [0.2, 0.25) is 9.84 Å². The van der Waals surface area contributed by atoms with Crippen LogP contribution < -0.4 is 14.9 Å². The molecule has 1 N–H and O–H groups in total. The highest BCUT2D eigenvalue weighted by Gasteiger charge is 2.23. The first-order chi connectivity index (χ1) is 17.6. The van der Waals surface area contributed by atoms with Crippen molar-refractivity contribution in [3.05, 3.63) is 114 Å². The maximum atomic E-state index is 13.4. The molecular formula is C27H22N4O4S. The number of benzene rings is 4. The van der Waals surface area contributed by atoms with E-state index < -0.39 is 15.0 Å². The highest BCUT2D eigenvalue weighted by Crippen LogP contribution is 2.30. The van der Waals surface area contributed by atoms with Crippen LogP contribution >= 0.6 is 0 Å². The molecule has 0 unspecified atom stereocenters. The van der Waals surface area contributed by atoms with Crippen LogP contribution in [0.1, 0.15) is 11.1 Å². The summed E-state index contributed by atoms with van der Waals surface area (Å²) in [7, 11) is -4.08. The summed E-state index contributed by atoms with van der Waals surface area (Å²) in [5, 5.41) is 11.9. The Morgan fingerprint density at radius 2 is 1.22 bits per heavy atom. The van der Waals surface area contributed by atoms with Crippen molar-refractivity contribution in [2.24, 2.45) is 15.3 Å². The Morgan fingerprint density at radius 1 is 0.639 bits per heavy atom. The maximum Gasteiger partial charge on any atom is 0.289 e. The first-order valence-electron chi connectivity index (χ1n) is 11.2. The van der Waals surface area contributed by atoms with Gasteiger partial charge in [-0.3, -0.25) is 5.43 Å². The molecule has 180 valence electrons. The van der Waals surface area contributed by atoms with Gasteiger partial charge in [-0.1, -0.05) is 66.7 Å². The summed E-state index contributed by atoms with van der Waals surface area (Å²) in [5.41, 5.74) is 5.57. The molecule has 4 aromatic carbocycles. The Bertz CT molecular complexity index is 1540. The normalized spacial score (nSPS) is 15.2. The van der Waals surface area contributed by atoms with E-state index in [1.165, 1.54) is 12.1 Å². The first-order valence-corrected chi connectivity index (χ1v) is 12.7. The van der Waals surface area contributed by atoms with Gasteiger partial charge < -0.3 is 9.47 Å². The number of para-hydroxylation sites is 3. The number of hydrazone groups is 1. The van der Waals surface area contributed by atoms with Crippen molar-refractivity contribution in [2.75, 3.05) is 5.43 Å². The molecule has 0 bridgehead atoms. The molecular weight excluding hydrogens is 476 g/mol. The number of hydrogen-bond donors (Lipinski definition) is 1. The molecule has 0 saturated carbocycles. The molecule has 0 aromatic heterocycles. The first kappa shape index (κ1) is 23.3. The van der Waals surface area contributed by atoms with E-state index in [0.29, 0.717) is 22.9 Å². The van der Waals surface area contributed by atoms with E-state index in [4.69, 9.17) is 9.47 Å². The van der Waals surface area contributed by atoms with E-state index in [-0.39, 0.29) is 18.1 Å². The second-order valence-electron chi connectivity index (χ2n) is 7.83. The summed E-state index contributed by atoms with van der Waals surface area (Å²) in [5.74, 6) is 0.961. The van der Waals surface area contributed by atoms with E-state index in [9.17, 15) is 8.42 Å². The van der Waals surface area contributed by atoms with Crippen LogP contribution in [-0.2, 0) is 23.1 Å². The lowest BCUT2D eigenvalue weighted by molar-refractivity contribution is 0.286. The molecule has 1 aliphatic heterocycles. The molecule has 0 saturated heterocycles. The van der Waals surface area contributed by atoms with Gasteiger partial charge in [0.1, 0.15) is 30.4 Å². The van der Waals surface area contributed by atoms with E-state index in [0.717, 1.165) is 11.1 Å². The smallest absolute Gasteiger partial charge is 0.289 e. The predicted molar refractivity (Wildman–Crippen MR) is 137 cm³/mol. The molecule has 9 heteroatoms. The Balaban J connectivity index is 1.62. The lowest BCUT2D eigenvalue weighted by Gasteiger charge is -2.14. The lowest BCUT2D eigenvalue weighted by Crippen LogP contribution is -2.14. The fraction of sp³-hybridized carbons (Fsp3) is 0.0741. The number of azo groups is 1. The van der Waals surface area contributed by atoms with Crippen LogP contribution in [0, 0.1) is 0 Å². The Labute approximate surface area is 208 Å². The number of fused-ring (bicyclic) bond motifs is 3. The van der Waals surface area contributed by atoms with Gasteiger partial charge in [-0.05, 0) is 47.5 Å². The Morgan fingerprint density at radius 3 is 1.97 bits per heavy atom. The van der Waals surface area contributed by atoms with Crippen LogP contribution in [0.4, 0.5) is 11.4 Å². The van der Waals surface area contributed by atoms with Gasteiger partial charge in [0.15, 0.2) is 0 Å². The van der Waals surface area contributed by atoms with Crippen LogP contribution in [-0.4, -0.2) is 13.6 Å². The van der Waals surface area contributed by atoms with Crippen LogP contribution in [0.5, 0.6) is 11.5 Å². The van der Waals surface area contributed by atoms with E-state index in [1.807, 2.05) is 36.4 Å². The summed E-state index contributed by atoms with van der Waals surface area (Å²) in [4.78, 5) is 0.0481. The van der Waals surface area contributed by atoms with Crippen molar-refractivity contribution in [1.29, 1.82) is 0 Å². The second kappa shape index (κ2) is 10.4. The average molecular weight is 499 g/mol. The number of rotatable bonds is 1. The van der Waals surface area contributed by atoms with Crippen LogP contribution in [0.15, 0.2) is 123 Å². The minimum absolute atomic E-state index is 0.0481. The van der Waals surface area contributed by atoms with Crippen LogP contribution in [0.3, 0.4) is 0 Å². The van der Waals surface area contributed by atoms with E-state index in [1.54, 1.807) is 54.6 Å². The number of hydrogen-bond acceptors (Lipinski definition) is 8. The van der Waals surface area contributed by atoms with Gasteiger partial charge in [0.05, 0.1) is 10.6 Å². The van der Waals surface area contributed by atoms with E-state index in [2.05, 4.69) is 20.8 Å². The molecule has 4 aromatic rings. The van der Waals surface area contributed by atoms with Crippen molar-refractivity contribution < 1.29 is 17.9 Å². The van der Waals surface area contributed by atoms with Gasteiger partial charge in [-0.25, -0.2) is 8.42 Å². The van der Waals surface area contributed by atoms with Crippen molar-refractivity contribution in [3.8, 4) is 11.5 Å². The molecule has 0 amide bonds. The van der Waals surface area contributed by atoms with Gasteiger partial charge in [0, 0.05) is 0 Å². The SMILES string of the molecule is O=S(=O)(/C1=N/Nc2ccccc2OCc2ccccc2COc2ccccc2N=N1)c1ccccc1. The zero-order valence-electron chi connectivity index (χ0n) is 19.1. The zero-order valence-corrected chi connectivity index (χ0v) is 19.9. The van der Waals surface area contributed by atoms with Crippen molar-refractivity contribution >= 4 is 26.4 Å². The largest absolute Gasteiger partial charge is 0.487 e. The monoisotopic (exact) mass is 498 g/mol. The van der Waals surface area contributed by atoms with Gasteiger partial charge >= 0.3 is 0 Å². The average Bonchev–Trinajstić information content (AvgIpc) is 2.92. The molecule has 0 spiro atoms. The van der Waals surface area contributed by atoms with Gasteiger partial charge in [0.25, 0.3) is 5.17 Å². The summed E-state index contributed by atoms with van der Waals surface area (Å²) < 4.78 is 38.9. The third-order valence-corrected chi connectivity index (χ3v) is 6.99. The number of nitrogens with zero attached hydrogens (tertiary/aromatic N) is 3. The maximum absolute atomic E-state index is 13.4. The van der Waals surface area contributed by atoms with Gasteiger partial charge in [-0.2, -0.15) is 0 Å². The zero-order chi connectivity index (χ0) is 24.8. The van der Waals surface area contributed by atoms with Crippen LogP contribution in [0.25, 0.3) is 0 Å². The second-order valence-corrected chi connectivity index (χ2v) is 9.68. The van der Waals surface area contributed by atoms with Crippen LogP contribution in [0.2, 0.25) is 0 Å². The molecule has 0 radical (unpaired) electrons. The van der Waals surface area contributed by atoms with Crippen molar-refractivity contribution in [1.82, 2.24) is 0 Å². The Hall–Kier alpha value is -4.50. The fourth-order valence-electron chi connectivity index (χ4n) is 3.54. The number of amidine groups is 1. The molecule has 36 heavy (non-hydrogen) atoms. The number of ether oxygens (including phenoxy) is 2. The van der Waals surface area contributed by atoms with Crippen molar-refractivity contribution in [2.45, 2.75) is 18.1 Å². The minimum atomic E-state index is -4.08. The third-order valence-electron chi connectivity index (χ3n) is 5.45. The summed E-state index contributed by atoms with van der Waals surface area (Å²) in [6.45, 7) is 0.558. The number of nitrogens with one attached hydrogen (secondary N) is 1. The fourth-order valence-corrected chi connectivity index (χ4v) is 4.58. The molecule has 1 heterocycles. The van der Waals surface area contributed by atoms with Crippen molar-refractivity contribution in [3.63, 3.8) is 0 Å². The number of anilines is 1. The standard InChI is InChI=1S/C27H22N4O4S/c32-36(33,22-12-2-1-3-13-22)27-30-28-23-14-6-8-16-25(23)34-18-20-10-4-5-11-21(20)19-35-26-17-9-7-15-24(26)29-31-27/h1-17,28H,18-19H2/b30-27+,31-29?. The molecule has 1 aliphatic rings.